The van der Waals surface area contributed by atoms with Crippen molar-refractivity contribution in [2.75, 3.05) is 0 Å². The molecule has 0 atom stereocenters. The molecule has 0 radical (unpaired) electrons. The largest absolute Gasteiger partial charge is 0.411 e. The molecule has 2 heteroatoms. The Morgan fingerprint density at radius 3 is 2.50 bits per heavy atom. The summed E-state index contributed by atoms with van der Waals surface area (Å²) < 4.78 is 0. The van der Waals surface area contributed by atoms with Crippen molar-refractivity contribution in [3.63, 3.8) is 0 Å². The van der Waals surface area contributed by atoms with Gasteiger partial charge in [-0.2, -0.15) is 0 Å². The Balaban J connectivity index is 3.03. The summed E-state index contributed by atoms with van der Waals surface area (Å²) in [5, 5.41) is 11.0. The number of unbranched alkanes of at least 4 members (excludes halogenated alkanes) is 4. The van der Waals surface area contributed by atoms with E-state index in [1.807, 2.05) is 0 Å². The Bertz CT molecular complexity index is 130. The standard InChI is InChI=1S/C10H19NO/c1-2-3-4-5-6-7-8-9-10-11-12/h6-7,10,12H,2-5,8-9H2,1H3/b7-6-,11-10+. The van der Waals surface area contributed by atoms with Crippen LogP contribution in [0.2, 0.25) is 0 Å². The highest BCUT2D eigenvalue weighted by atomic mass is 16.4. The monoisotopic (exact) mass is 169 g/mol. The number of hydrogen-bond acceptors (Lipinski definition) is 2. The third-order valence-corrected chi connectivity index (χ3v) is 1.69. The summed E-state index contributed by atoms with van der Waals surface area (Å²) in [5.74, 6) is 0. The summed E-state index contributed by atoms with van der Waals surface area (Å²) in [6.07, 6.45) is 12.8. The number of nitrogens with zero attached hydrogens (tertiary/aromatic N) is 1. The minimum absolute atomic E-state index is 0.834. The molecule has 0 aliphatic rings. The normalized spacial score (nSPS) is 11.8. The molecular weight excluding hydrogens is 150 g/mol. The predicted molar refractivity (Wildman–Crippen MR) is 52.8 cm³/mol. The van der Waals surface area contributed by atoms with E-state index in [0.717, 1.165) is 12.8 Å². The van der Waals surface area contributed by atoms with E-state index in [9.17, 15) is 0 Å². The van der Waals surface area contributed by atoms with Crippen molar-refractivity contribution in [2.24, 2.45) is 5.16 Å². The fourth-order valence-corrected chi connectivity index (χ4v) is 0.976. The lowest BCUT2D eigenvalue weighted by molar-refractivity contribution is 0.320. The maximum Gasteiger partial charge on any atom is 0.0439 e. The highest BCUT2D eigenvalue weighted by Crippen LogP contribution is 2.00. The molecular formula is C10H19NO. The van der Waals surface area contributed by atoms with E-state index < -0.39 is 0 Å². The minimum atomic E-state index is 0.834. The van der Waals surface area contributed by atoms with Gasteiger partial charge in [-0.05, 0) is 25.7 Å². The molecule has 0 aliphatic carbocycles. The first-order valence-corrected chi connectivity index (χ1v) is 4.72. The van der Waals surface area contributed by atoms with Crippen molar-refractivity contribution in [3.8, 4) is 0 Å². The Kier molecular flexibility index (Phi) is 9.54. The molecule has 1 N–H and O–H groups in total. The van der Waals surface area contributed by atoms with E-state index in [1.54, 1.807) is 0 Å². The van der Waals surface area contributed by atoms with Crippen LogP contribution in [0.25, 0.3) is 0 Å². The van der Waals surface area contributed by atoms with E-state index >= 15 is 0 Å². The van der Waals surface area contributed by atoms with E-state index in [4.69, 9.17) is 5.21 Å². The van der Waals surface area contributed by atoms with Crippen LogP contribution in [0, 0.1) is 0 Å². The second kappa shape index (κ2) is 10.2. The van der Waals surface area contributed by atoms with Crippen LogP contribution in [-0.4, -0.2) is 11.4 Å². The van der Waals surface area contributed by atoms with E-state index in [2.05, 4.69) is 24.2 Å². The smallest absolute Gasteiger partial charge is 0.0439 e. The highest BCUT2D eigenvalue weighted by molar-refractivity contribution is 5.56. The first kappa shape index (κ1) is 11.2. The average molecular weight is 169 g/mol. The molecule has 0 fully saturated rings. The number of rotatable bonds is 7. The Morgan fingerprint density at radius 1 is 1.08 bits per heavy atom. The number of oxime groups is 1. The Labute approximate surface area is 75.0 Å². The van der Waals surface area contributed by atoms with Gasteiger partial charge in [0.05, 0.1) is 0 Å². The van der Waals surface area contributed by atoms with Gasteiger partial charge in [0.1, 0.15) is 0 Å². The molecule has 0 unspecified atom stereocenters. The van der Waals surface area contributed by atoms with Crippen LogP contribution in [0.1, 0.15) is 45.4 Å². The van der Waals surface area contributed by atoms with Crippen molar-refractivity contribution in [1.29, 1.82) is 0 Å². The topological polar surface area (TPSA) is 32.6 Å². The van der Waals surface area contributed by atoms with Gasteiger partial charge in [0.2, 0.25) is 0 Å². The second-order valence-corrected chi connectivity index (χ2v) is 2.84. The fraction of sp³-hybridized carbons (Fsp3) is 0.700. The van der Waals surface area contributed by atoms with Crippen LogP contribution in [0.4, 0.5) is 0 Å². The van der Waals surface area contributed by atoms with Crippen LogP contribution in [0.15, 0.2) is 17.3 Å². The molecule has 0 aliphatic heterocycles. The molecule has 0 saturated carbocycles. The van der Waals surface area contributed by atoms with Crippen molar-refractivity contribution in [1.82, 2.24) is 0 Å². The molecule has 0 aromatic carbocycles. The van der Waals surface area contributed by atoms with Gasteiger partial charge in [-0.3, -0.25) is 0 Å². The summed E-state index contributed by atoms with van der Waals surface area (Å²) in [7, 11) is 0. The van der Waals surface area contributed by atoms with Gasteiger partial charge in [-0.15, -0.1) is 5.16 Å². The van der Waals surface area contributed by atoms with Crippen molar-refractivity contribution in [2.45, 2.75) is 45.4 Å². The lowest BCUT2D eigenvalue weighted by atomic mass is 10.2. The number of allylic oxidation sites excluding steroid dienone is 2. The SMILES string of the molecule is CCCCC/C=C\CC/C=N/O. The zero-order valence-electron chi connectivity index (χ0n) is 7.87. The van der Waals surface area contributed by atoms with Crippen LogP contribution >= 0.6 is 0 Å². The molecule has 12 heavy (non-hydrogen) atoms. The molecule has 2 nitrogen and oxygen atoms in total. The summed E-state index contributed by atoms with van der Waals surface area (Å²) >= 11 is 0. The van der Waals surface area contributed by atoms with E-state index in [1.165, 1.54) is 31.9 Å². The van der Waals surface area contributed by atoms with Crippen LogP contribution in [-0.2, 0) is 0 Å². The third kappa shape index (κ3) is 9.21. The van der Waals surface area contributed by atoms with Crippen LogP contribution in [0.3, 0.4) is 0 Å². The van der Waals surface area contributed by atoms with Gasteiger partial charge in [-0.25, -0.2) is 0 Å². The quantitative estimate of drug-likeness (QED) is 0.205. The predicted octanol–water partition coefficient (Wildman–Crippen LogP) is 3.36. The Hall–Kier alpha value is -0.790. The number of hydrogen-bond donors (Lipinski definition) is 1. The summed E-state index contributed by atoms with van der Waals surface area (Å²) in [6.45, 7) is 2.21. The molecule has 0 bridgehead atoms. The minimum Gasteiger partial charge on any atom is -0.411 e. The van der Waals surface area contributed by atoms with Crippen molar-refractivity contribution < 1.29 is 5.21 Å². The molecule has 0 spiro atoms. The van der Waals surface area contributed by atoms with Crippen LogP contribution < -0.4 is 0 Å². The van der Waals surface area contributed by atoms with Gasteiger partial charge < -0.3 is 5.21 Å². The molecule has 0 saturated heterocycles. The van der Waals surface area contributed by atoms with Crippen LogP contribution in [0.5, 0.6) is 0 Å². The fourth-order valence-electron chi connectivity index (χ4n) is 0.976. The zero-order chi connectivity index (χ0) is 9.07. The first-order valence-electron chi connectivity index (χ1n) is 4.72. The lowest BCUT2D eigenvalue weighted by Crippen LogP contribution is -1.74. The molecule has 0 amide bonds. The Morgan fingerprint density at radius 2 is 1.83 bits per heavy atom. The second-order valence-electron chi connectivity index (χ2n) is 2.84. The maximum absolute atomic E-state index is 8.08. The summed E-state index contributed by atoms with van der Waals surface area (Å²) in [6, 6.07) is 0. The first-order chi connectivity index (χ1) is 5.91. The van der Waals surface area contributed by atoms with Gasteiger partial charge >= 0.3 is 0 Å². The molecule has 0 rings (SSSR count). The molecule has 0 aromatic rings. The van der Waals surface area contributed by atoms with E-state index in [-0.39, 0.29) is 0 Å². The lowest BCUT2D eigenvalue weighted by Gasteiger charge is -1.90. The third-order valence-electron chi connectivity index (χ3n) is 1.69. The molecule has 0 aromatic heterocycles. The molecule has 0 heterocycles. The highest BCUT2D eigenvalue weighted by Gasteiger charge is 1.81. The maximum atomic E-state index is 8.08. The van der Waals surface area contributed by atoms with Gasteiger partial charge in [-0.1, -0.05) is 31.9 Å². The molecule has 70 valence electrons. The average Bonchev–Trinajstić information content (AvgIpc) is 2.10. The van der Waals surface area contributed by atoms with E-state index in [0.29, 0.717) is 0 Å². The zero-order valence-corrected chi connectivity index (χ0v) is 7.87. The van der Waals surface area contributed by atoms with Gasteiger partial charge in [0, 0.05) is 6.21 Å². The van der Waals surface area contributed by atoms with Gasteiger partial charge in [0.15, 0.2) is 0 Å². The van der Waals surface area contributed by atoms with Gasteiger partial charge in [0.25, 0.3) is 0 Å². The summed E-state index contributed by atoms with van der Waals surface area (Å²) in [5.41, 5.74) is 0. The van der Waals surface area contributed by atoms with Crippen molar-refractivity contribution in [3.05, 3.63) is 12.2 Å². The summed E-state index contributed by atoms with van der Waals surface area (Å²) in [4.78, 5) is 0. The van der Waals surface area contributed by atoms with Crippen molar-refractivity contribution >= 4 is 6.21 Å².